The number of nitrogens with one attached hydrogen (secondary N) is 1. The van der Waals surface area contributed by atoms with E-state index in [-0.39, 0.29) is 18.3 Å². The maximum absolute atomic E-state index is 13.1. The summed E-state index contributed by atoms with van der Waals surface area (Å²) in [6, 6.07) is 9.06. The van der Waals surface area contributed by atoms with Crippen LogP contribution in [0.1, 0.15) is 5.56 Å². The third-order valence-electron chi connectivity index (χ3n) is 2.76. The maximum Gasteiger partial charge on any atom is 0.262 e. The number of nitrogens with two attached hydrogens (primary N) is 1. The molecular formula is C15H14ClFN2O2. The van der Waals surface area contributed by atoms with Crippen LogP contribution in [0.4, 0.5) is 15.8 Å². The Morgan fingerprint density at radius 3 is 2.81 bits per heavy atom. The molecule has 3 N–H and O–H groups in total. The van der Waals surface area contributed by atoms with Gasteiger partial charge in [-0.05, 0) is 48.9 Å². The van der Waals surface area contributed by atoms with Gasteiger partial charge in [-0.25, -0.2) is 4.39 Å². The molecule has 0 aliphatic carbocycles. The summed E-state index contributed by atoms with van der Waals surface area (Å²) in [5, 5.41) is 2.98. The van der Waals surface area contributed by atoms with Gasteiger partial charge in [0.25, 0.3) is 5.91 Å². The Balaban J connectivity index is 1.95. The van der Waals surface area contributed by atoms with Gasteiger partial charge in [0.1, 0.15) is 11.6 Å². The molecule has 0 aliphatic rings. The normalized spacial score (nSPS) is 10.2. The lowest BCUT2D eigenvalue weighted by molar-refractivity contribution is -0.118. The number of halogens is 2. The lowest BCUT2D eigenvalue weighted by Crippen LogP contribution is -2.20. The van der Waals surface area contributed by atoms with Crippen LogP contribution >= 0.6 is 11.6 Å². The van der Waals surface area contributed by atoms with Gasteiger partial charge in [0.05, 0.1) is 10.7 Å². The van der Waals surface area contributed by atoms with Crippen LogP contribution in [0.15, 0.2) is 36.4 Å². The minimum atomic E-state index is -0.385. The molecule has 0 unspecified atom stereocenters. The van der Waals surface area contributed by atoms with Crippen molar-refractivity contribution in [1.82, 2.24) is 0 Å². The van der Waals surface area contributed by atoms with Crippen molar-refractivity contribution in [2.75, 3.05) is 17.7 Å². The number of aryl methyl sites for hydroxylation is 1. The first-order valence-electron chi connectivity index (χ1n) is 6.19. The zero-order valence-electron chi connectivity index (χ0n) is 11.3. The maximum atomic E-state index is 13.1. The highest BCUT2D eigenvalue weighted by Gasteiger charge is 2.08. The molecule has 0 radical (unpaired) electrons. The van der Waals surface area contributed by atoms with E-state index in [1.54, 1.807) is 25.1 Å². The molecule has 1 amide bonds. The molecule has 2 aromatic rings. The van der Waals surface area contributed by atoms with E-state index < -0.39 is 0 Å². The van der Waals surface area contributed by atoms with E-state index in [0.29, 0.717) is 27.7 Å². The van der Waals surface area contributed by atoms with Gasteiger partial charge in [0.2, 0.25) is 0 Å². The topological polar surface area (TPSA) is 64.3 Å². The first-order chi connectivity index (χ1) is 9.95. The van der Waals surface area contributed by atoms with Gasteiger partial charge in [0, 0.05) is 5.69 Å². The quantitative estimate of drug-likeness (QED) is 0.851. The minimum Gasteiger partial charge on any atom is -0.484 e. The molecule has 0 bridgehead atoms. The third-order valence-corrected chi connectivity index (χ3v) is 3.09. The third kappa shape index (κ3) is 4.10. The number of amides is 1. The molecule has 110 valence electrons. The molecule has 0 aromatic heterocycles. The summed E-state index contributed by atoms with van der Waals surface area (Å²) in [6.07, 6.45) is 0. The van der Waals surface area contributed by atoms with Crippen LogP contribution in [-0.2, 0) is 4.79 Å². The van der Waals surface area contributed by atoms with Crippen molar-refractivity contribution in [2.24, 2.45) is 0 Å². The van der Waals surface area contributed by atoms with Crippen molar-refractivity contribution in [3.63, 3.8) is 0 Å². The zero-order valence-corrected chi connectivity index (χ0v) is 12.1. The standard InChI is InChI=1S/C15H14ClFN2O2/c1-9-6-11(3-5-13(9)17)21-8-15(20)19-14-7-10(18)2-4-12(14)16/h2-7H,8,18H2,1H3,(H,19,20). The summed E-state index contributed by atoms with van der Waals surface area (Å²) in [7, 11) is 0. The van der Waals surface area contributed by atoms with Crippen molar-refractivity contribution in [3.8, 4) is 5.75 Å². The number of rotatable bonds is 4. The smallest absolute Gasteiger partial charge is 0.262 e. The lowest BCUT2D eigenvalue weighted by atomic mass is 10.2. The van der Waals surface area contributed by atoms with Crippen molar-refractivity contribution in [3.05, 3.63) is 52.8 Å². The number of carbonyl (C=O) groups is 1. The Morgan fingerprint density at radius 1 is 1.33 bits per heavy atom. The molecule has 0 aliphatic heterocycles. The van der Waals surface area contributed by atoms with E-state index in [1.807, 2.05) is 0 Å². The van der Waals surface area contributed by atoms with E-state index in [0.717, 1.165) is 0 Å². The lowest BCUT2D eigenvalue weighted by Gasteiger charge is -2.10. The molecule has 0 fully saturated rings. The number of nitrogen functional groups attached to an aromatic ring is 1. The Labute approximate surface area is 126 Å². The van der Waals surface area contributed by atoms with Crippen molar-refractivity contribution in [2.45, 2.75) is 6.92 Å². The van der Waals surface area contributed by atoms with Crippen LogP contribution in [0.25, 0.3) is 0 Å². The number of anilines is 2. The highest BCUT2D eigenvalue weighted by Crippen LogP contribution is 2.24. The fourth-order valence-corrected chi connectivity index (χ4v) is 1.85. The predicted octanol–water partition coefficient (Wildman–Crippen LogP) is 3.39. The summed E-state index contributed by atoms with van der Waals surface area (Å²) in [5.74, 6) is -0.287. The predicted molar refractivity (Wildman–Crippen MR) is 81.1 cm³/mol. The Morgan fingerprint density at radius 2 is 2.10 bits per heavy atom. The number of hydrogen-bond donors (Lipinski definition) is 2. The number of hydrogen-bond acceptors (Lipinski definition) is 3. The molecule has 2 rings (SSSR count). The molecule has 4 nitrogen and oxygen atoms in total. The molecule has 0 saturated heterocycles. The number of benzene rings is 2. The van der Waals surface area contributed by atoms with E-state index in [9.17, 15) is 9.18 Å². The van der Waals surface area contributed by atoms with E-state index in [4.69, 9.17) is 22.1 Å². The van der Waals surface area contributed by atoms with Gasteiger partial charge in [-0.3, -0.25) is 4.79 Å². The highest BCUT2D eigenvalue weighted by atomic mass is 35.5. The second-order valence-electron chi connectivity index (χ2n) is 4.49. The molecule has 0 atom stereocenters. The molecule has 0 spiro atoms. The van der Waals surface area contributed by atoms with Gasteiger partial charge in [-0.15, -0.1) is 0 Å². The Hall–Kier alpha value is -2.27. The molecule has 6 heteroatoms. The first kappa shape index (κ1) is 15.1. The van der Waals surface area contributed by atoms with Crippen molar-refractivity contribution >= 4 is 28.9 Å². The molecule has 0 saturated carbocycles. The first-order valence-corrected chi connectivity index (χ1v) is 6.57. The van der Waals surface area contributed by atoms with Crippen LogP contribution in [0.2, 0.25) is 5.02 Å². The summed E-state index contributed by atoms with van der Waals surface area (Å²) in [6.45, 7) is 1.41. The van der Waals surface area contributed by atoms with Crippen molar-refractivity contribution < 1.29 is 13.9 Å². The largest absolute Gasteiger partial charge is 0.484 e. The second kappa shape index (κ2) is 6.45. The van der Waals surface area contributed by atoms with Crippen LogP contribution in [0.3, 0.4) is 0 Å². The molecular weight excluding hydrogens is 295 g/mol. The van der Waals surface area contributed by atoms with Gasteiger partial charge in [0.15, 0.2) is 6.61 Å². The Kier molecular flexibility index (Phi) is 4.65. The highest BCUT2D eigenvalue weighted by molar-refractivity contribution is 6.33. The summed E-state index contributed by atoms with van der Waals surface area (Å²) in [5.41, 5.74) is 6.98. The SMILES string of the molecule is Cc1cc(OCC(=O)Nc2cc(N)ccc2Cl)ccc1F. The zero-order chi connectivity index (χ0) is 15.4. The van der Waals surface area contributed by atoms with Gasteiger partial charge < -0.3 is 15.8 Å². The summed E-state index contributed by atoms with van der Waals surface area (Å²) < 4.78 is 18.4. The van der Waals surface area contributed by atoms with Crippen LogP contribution < -0.4 is 15.8 Å². The molecule has 2 aromatic carbocycles. The van der Waals surface area contributed by atoms with Gasteiger partial charge >= 0.3 is 0 Å². The number of carbonyl (C=O) groups excluding carboxylic acids is 1. The van der Waals surface area contributed by atoms with Crippen LogP contribution in [-0.4, -0.2) is 12.5 Å². The van der Waals surface area contributed by atoms with Gasteiger partial charge in [-0.1, -0.05) is 11.6 Å². The van der Waals surface area contributed by atoms with Crippen LogP contribution in [0, 0.1) is 12.7 Å². The molecule has 0 heterocycles. The van der Waals surface area contributed by atoms with E-state index in [1.165, 1.54) is 18.2 Å². The fraction of sp³-hybridized carbons (Fsp3) is 0.133. The van der Waals surface area contributed by atoms with Crippen molar-refractivity contribution in [1.29, 1.82) is 0 Å². The number of ether oxygens (including phenoxy) is 1. The van der Waals surface area contributed by atoms with E-state index >= 15 is 0 Å². The summed E-state index contributed by atoms with van der Waals surface area (Å²) in [4.78, 5) is 11.8. The van der Waals surface area contributed by atoms with E-state index in [2.05, 4.69) is 5.32 Å². The second-order valence-corrected chi connectivity index (χ2v) is 4.89. The monoisotopic (exact) mass is 308 g/mol. The minimum absolute atomic E-state index is 0.212. The fourth-order valence-electron chi connectivity index (χ4n) is 1.68. The average Bonchev–Trinajstić information content (AvgIpc) is 2.44. The molecule has 21 heavy (non-hydrogen) atoms. The van der Waals surface area contributed by atoms with Crippen LogP contribution in [0.5, 0.6) is 5.75 Å². The average molecular weight is 309 g/mol. The summed E-state index contributed by atoms with van der Waals surface area (Å²) >= 11 is 5.94. The van der Waals surface area contributed by atoms with Gasteiger partial charge in [-0.2, -0.15) is 0 Å². The Bertz CT molecular complexity index is 677.